The van der Waals surface area contributed by atoms with Gasteiger partial charge in [0.1, 0.15) is 10.8 Å². The zero-order valence-electron chi connectivity index (χ0n) is 15.2. The van der Waals surface area contributed by atoms with Crippen LogP contribution in [0.2, 0.25) is 0 Å². The van der Waals surface area contributed by atoms with E-state index >= 15 is 0 Å². The summed E-state index contributed by atoms with van der Waals surface area (Å²) in [4.78, 5) is 40.7. The summed E-state index contributed by atoms with van der Waals surface area (Å²) in [5.41, 5.74) is 2.09. The second-order valence-corrected chi connectivity index (χ2v) is 8.37. The third kappa shape index (κ3) is 1.87. The Morgan fingerprint density at radius 2 is 1.68 bits per heavy atom. The maximum absolute atomic E-state index is 13.5. The minimum atomic E-state index is -0.929. The van der Waals surface area contributed by atoms with Crippen LogP contribution in [0, 0.1) is 11.8 Å². The molecule has 3 aliphatic rings. The maximum atomic E-state index is 13.5. The first-order chi connectivity index (χ1) is 13.6. The van der Waals surface area contributed by atoms with Gasteiger partial charge in [-0.25, -0.2) is 0 Å². The van der Waals surface area contributed by atoms with Crippen molar-refractivity contribution in [1.82, 2.24) is 0 Å². The third-order valence-corrected chi connectivity index (χ3v) is 7.58. The Kier molecular flexibility index (Phi) is 3.61. The van der Waals surface area contributed by atoms with Crippen molar-refractivity contribution in [3.8, 4) is 0 Å². The number of rotatable bonds is 2. The van der Waals surface area contributed by atoms with E-state index in [-0.39, 0.29) is 11.8 Å². The number of carbonyl (C=O) groups excluding carboxylic acids is 3. The molecular weight excluding hydrogens is 378 g/mol. The van der Waals surface area contributed by atoms with E-state index in [1.165, 1.54) is 26.0 Å². The normalized spacial score (nSPS) is 29.0. The number of carbonyl (C=O) groups is 3. The van der Waals surface area contributed by atoms with Crippen LogP contribution < -0.4 is 4.90 Å². The Hall–Kier alpha value is -2.80. The molecule has 2 aliphatic heterocycles. The van der Waals surface area contributed by atoms with Crippen molar-refractivity contribution in [2.75, 3.05) is 19.1 Å². The van der Waals surface area contributed by atoms with Crippen molar-refractivity contribution >= 4 is 35.3 Å². The second-order valence-electron chi connectivity index (χ2n) is 7.08. The lowest BCUT2D eigenvalue weighted by Crippen LogP contribution is -2.73. The van der Waals surface area contributed by atoms with Crippen LogP contribution in [0.25, 0.3) is 0 Å². The van der Waals surface area contributed by atoms with Crippen molar-refractivity contribution in [2.45, 2.75) is 15.7 Å². The molecule has 2 aromatic carbocycles. The Bertz CT molecular complexity index is 1040. The number of methoxy groups -OCH3 is 2. The summed E-state index contributed by atoms with van der Waals surface area (Å²) in [5, 5.41) is 0. The number of anilines is 1. The third-order valence-electron chi connectivity index (χ3n) is 6.00. The molecule has 1 saturated carbocycles. The molecule has 0 bridgehead atoms. The summed E-state index contributed by atoms with van der Waals surface area (Å²) < 4.78 is 10.1. The first-order valence-corrected chi connectivity index (χ1v) is 9.75. The predicted octanol–water partition coefficient (Wildman–Crippen LogP) is 2.82. The molecule has 2 heterocycles. The van der Waals surface area contributed by atoms with Gasteiger partial charge in [-0.1, -0.05) is 42.1 Å². The first-order valence-electron chi connectivity index (χ1n) is 8.93. The van der Waals surface area contributed by atoms with E-state index in [0.717, 1.165) is 16.1 Å². The van der Waals surface area contributed by atoms with Gasteiger partial charge < -0.3 is 9.47 Å². The van der Waals surface area contributed by atoms with Gasteiger partial charge in [0.25, 0.3) is 5.91 Å². The molecule has 0 radical (unpaired) electrons. The van der Waals surface area contributed by atoms with Gasteiger partial charge in [0.15, 0.2) is 0 Å². The van der Waals surface area contributed by atoms with Crippen LogP contribution in [0.4, 0.5) is 5.69 Å². The fourth-order valence-corrected chi connectivity index (χ4v) is 6.75. The molecule has 28 heavy (non-hydrogen) atoms. The van der Waals surface area contributed by atoms with Gasteiger partial charge in [-0.05, 0) is 23.8 Å². The van der Waals surface area contributed by atoms with Gasteiger partial charge >= 0.3 is 11.9 Å². The molecule has 142 valence electrons. The first kappa shape index (κ1) is 17.3. The number of fused-ring (bicyclic) bond motifs is 4. The average Bonchev–Trinajstić information content (AvgIpc) is 3.08. The molecule has 1 amide bonds. The minimum Gasteiger partial charge on any atom is -0.469 e. The highest BCUT2D eigenvalue weighted by Gasteiger charge is 2.76. The summed E-state index contributed by atoms with van der Waals surface area (Å²) in [5.74, 6) is -3.03. The molecular formula is C21H17NO5S. The number of hydrogen-bond acceptors (Lipinski definition) is 6. The van der Waals surface area contributed by atoms with Gasteiger partial charge in [-0.15, -0.1) is 0 Å². The lowest BCUT2D eigenvalue weighted by Gasteiger charge is -2.61. The van der Waals surface area contributed by atoms with E-state index < -0.39 is 28.6 Å². The van der Waals surface area contributed by atoms with Crippen LogP contribution in [0.5, 0.6) is 0 Å². The lowest BCUT2D eigenvalue weighted by molar-refractivity contribution is -0.170. The number of hydrogen-bond donors (Lipinski definition) is 0. The molecule has 0 aromatic heterocycles. The number of nitrogens with zero attached hydrogens (tertiary/aromatic N) is 1. The van der Waals surface area contributed by atoms with E-state index in [1.54, 1.807) is 11.0 Å². The Balaban J connectivity index is 1.79. The molecule has 0 unspecified atom stereocenters. The maximum Gasteiger partial charge on any atom is 0.312 e. The molecule has 0 saturated heterocycles. The van der Waals surface area contributed by atoms with E-state index in [4.69, 9.17) is 9.47 Å². The molecule has 7 heteroatoms. The van der Waals surface area contributed by atoms with Crippen molar-refractivity contribution < 1.29 is 23.9 Å². The summed E-state index contributed by atoms with van der Waals surface area (Å²) in [6.45, 7) is 0. The van der Waals surface area contributed by atoms with Crippen LogP contribution in [0.1, 0.15) is 21.8 Å². The minimum absolute atomic E-state index is 0.165. The van der Waals surface area contributed by atoms with Crippen LogP contribution >= 0.6 is 11.8 Å². The van der Waals surface area contributed by atoms with Gasteiger partial charge in [0.2, 0.25) is 0 Å². The zero-order valence-corrected chi connectivity index (χ0v) is 16.1. The highest BCUT2D eigenvalue weighted by Crippen LogP contribution is 2.72. The molecule has 0 N–H and O–H groups in total. The Morgan fingerprint density at radius 3 is 2.43 bits per heavy atom. The van der Waals surface area contributed by atoms with Crippen LogP contribution in [0.15, 0.2) is 53.4 Å². The summed E-state index contributed by atoms with van der Waals surface area (Å²) >= 11 is 1.46. The van der Waals surface area contributed by atoms with E-state index in [9.17, 15) is 14.4 Å². The molecule has 1 fully saturated rings. The van der Waals surface area contributed by atoms with Crippen molar-refractivity contribution in [3.05, 3.63) is 59.7 Å². The molecule has 5 rings (SSSR count). The smallest absolute Gasteiger partial charge is 0.312 e. The number of thioether (sulfide) groups is 1. The van der Waals surface area contributed by atoms with Crippen LogP contribution in [-0.2, 0) is 19.1 Å². The van der Waals surface area contributed by atoms with Crippen molar-refractivity contribution in [2.24, 2.45) is 11.8 Å². The Labute approximate surface area is 165 Å². The molecule has 1 aliphatic carbocycles. The molecule has 6 nitrogen and oxygen atoms in total. The predicted molar refractivity (Wildman–Crippen MR) is 102 cm³/mol. The standard InChI is InChI=1S/C21H17NO5S/c1-26-19(24)15-16-11-7-3-4-8-12(11)18(23)22-13-9-5-6-10-14(13)28-21(16,22)17(15)20(25)27-2/h3-10,15-17H,1-2H3/t15-,16+,17-,21-/m1/s1. The molecule has 2 aromatic rings. The fraction of sp³-hybridized carbons (Fsp3) is 0.286. The van der Waals surface area contributed by atoms with Gasteiger partial charge in [-0.2, -0.15) is 0 Å². The molecule has 1 spiro atoms. The van der Waals surface area contributed by atoms with Crippen LogP contribution in [0.3, 0.4) is 0 Å². The largest absolute Gasteiger partial charge is 0.469 e. The number of amides is 1. The molecule has 4 atom stereocenters. The van der Waals surface area contributed by atoms with Crippen LogP contribution in [-0.4, -0.2) is 36.9 Å². The monoisotopic (exact) mass is 395 g/mol. The van der Waals surface area contributed by atoms with Gasteiger partial charge in [0, 0.05) is 16.4 Å². The van der Waals surface area contributed by atoms with Gasteiger partial charge in [0.05, 0.1) is 25.8 Å². The highest BCUT2D eigenvalue weighted by atomic mass is 32.2. The summed E-state index contributed by atoms with van der Waals surface area (Å²) in [7, 11) is 2.62. The highest BCUT2D eigenvalue weighted by molar-refractivity contribution is 8.01. The summed E-state index contributed by atoms with van der Waals surface area (Å²) in [6, 6.07) is 14.9. The van der Waals surface area contributed by atoms with Crippen molar-refractivity contribution in [1.29, 1.82) is 0 Å². The number of ether oxygens (including phenoxy) is 2. The average molecular weight is 395 g/mol. The van der Waals surface area contributed by atoms with E-state index in [0.29, 0.717) is 5.56 Å². The quantitative estimate of drug-likeness (QED) is 0.728. The lowest BCUT2D eigenvalue weighted by atomic mass is 9.54. The fourth-order valence-electron chi connectivity index (χ4n) is 4.94. The Morgan fingerprint density at radius 1 is 1.00 bits per heavy atom. The number of benzene rings is 2. The van der Waals surface area contributed by atoms with Crippen molar-refractivity contribution in [3.63, 3.8) is 0 Å². The number of esters is 2. The zero-order chi connectivity index (χ0) is 19.6. The second kappa shape index (κ2) is 5.85. The summed E-state index contributed by atoms with van der Waals surface area (Å²) in [6.07, 6.45) is 0. The van der Waals surface area contributed by atoms with E-state index in [1.807, 2.05) is 42.5 Å². The SMILES string of the molecule is COC(=O)[C@H]1[C@H](C(=O)OC)[C@@]23Sc4ccccc4N2C(=O)c2ccccc2[C@@H]13. The topological polar surface area (TPSA) is 72.9 Å². The van der Waals surface area contributed by atoms with Gasteiger partial charge in [-0.3, -0.25) is 19.3 Å². The van der Waals surface area contributed by atoms with E-state index in [2.05, 4.69) is 0 Å². The number of para-hydroxylation sites is 1.